The number of hydrogen-bond donors (Lipinski definition) is 0. The molecular formula is C11H6BrClF2S. The van der Waals surface area contributed by atoms with Gasteiger partial charge in [-0.15, -0.1) is 11.3 Å². The van der Waals surface area contributed by atoms with E-state index in [2.05, 4.69) is 15.9 Å². The summed E-state index contributed by atoms with van der Waals surface area (Å²) < 4.78 is 27.1. The fourth-order valence-electron chi connectivity index (χ4n) is 1.33. The molecule has 0 radical (unpaired) electrons. The SMILES string of the molecule is Fc1ccc(F)c(C(Br)c2ccc(Cl)s2)c1. The molecule has 0 bridgehead atoms. The highest BCUT2D eigenvalue weighted by molar-refractivity contribution is 9.09. The van der Waals surface area contributed by atoms with Crippen LogP contribution in [0.25, 0.3) is 0 Å². The standard InChI is InChI=1S/C11H6BrClF2S/c12-11(9-3-4-10(13)16-9)7-5-6(14)1-2-8(7)15/h1-5,11H. The summed E-state index contributed by atoms with van der Waals surface area (Å²) in [6, 6.07) is 6.92. The minimum Gasteiger partial charge on any atom is -0.207 e. The molecular weight excluding hydrogens is 318 g/mol. The maximum Gasteiger partial charge on any atom is 0.128 e. The molecule has 0 nitrogen and oxygen atoms in total. The molecule has 16 heavy (non-hydrogen) atoms. The van der Waals surface area contributed by atoms with E-state index in [0.29, 0.717) is 4.34 Å². The maximum absolute atomic E-state index is 13.5. The highest BCUT2D eigenvalue weighted by atomic mass is 79.9. The van der Waals surface area contributed by atoms with Gasteiger partial charge in [0, 0.05) is 10.4 Å². The summed E-state index contributed by atoms with van der Waals surface area (Å²) in [4.78, 5) is 0.468. The number of hydrogen-bond acceptors (Lipinski definition) is 1. The third-order valence-corrected chi connectivity index (χ3v) is 4.66. The van der Waals surface area contributed by atoms with Crippen LogP contribution in [0.4, 0.5) is 8.78 Å². The Hall–Kier alpha value is -0.450. The van der Waals surface area contributed by atoms with Gasteiger partial charge in [-0.3, -0.25) is 0 Å². The molecule has 1 aromatic carbocycles. The molecule has 1 heterocycles. The smallest absolute Gasteiger partial charge is 0.128 e. The second-order valence-corrected chi connectivity index (χ2v) is 5.83. The average molecular weight is 324 g/mol. The summed E-state index contributed by atoms with van der Waals surface area (Å²) in [5.74, 6) is -0.892. The Morgan fingerprint density at radius 2 is 1.94 bits per heavy atom. The van der Waals surface area contributed by atoms with Crippen LogP contribution < -0.4 is 0 Å². The summed E-state index contributed by atoms with van der Waals surface area (Å²) in [6.45, 7) is 0. The molecule has 2 rings (SSSR count). The molecule has 0 aliphatic carbocycles. The van der Waals surface area contributed by atoms with Gasteiger partial charge in [0.2, 0.25) is 0 Å². The zero-order valence-electron chi connectivity index (χ0n) is 7.88. The van der Waals surface area contributed by atoms with E-state index in [1.807, 2.05) is 0 Å². The van der Waals surface area contributed by atoms with Gasteiger partial charge in [0.05, 0.1) is 9.16 Å². The summed E-state index contributed by atoms with van der Waals surface area (Å²) in [7, 11) is 0. The number of thiophene rings is 1. The Morgan fingerprint density at radius 3 is 2.56 bits per heavy atom. The minimum absolute atomic E-state index is 0.276. The van der Waals surface area contributed by atoms with E-state index >= 15 is 0 Å². The van der Waals surface area contributed by atoms with Crippen LogP contribution in [0.2, 0.25) is 4.34 Å². The zero-order valence-corrected chi connectivity index (χ0v) is 11.0. The van der Waals surface area contributed by atoms with Crippen LogP contribution in [0.1, 0.15) is 15.3 Å². The van der Waals surface area contributed by atoms with Crippen LogP contribution in [0, 0.1) is 11.6 Å². The largest absolute Gasteiger partial charge is 0.207 e. The third-order valence-electron chi connectivity index (χ3n) is 2.07. The lowest BCUT2D eigenvalue weighted by Crippen LogP contribution is -1.95. The van der Waals surface area contributed by atoms with Crippen molar-refractivity contribution >= 4 is 38.9 Å². The molecule has 1 unspecified atom stereocenters. The molecule has 0 spiro atoms. The number of alkyl halides is 1. The number of halogens is 4. The lowest BCUT2D eigenvalue weighted by molar-refractivity contribution is 0.588. The van der Waals surface area contributed by atoms with Gasteiger partial charge in [-0.1, -0.05) is 27.5 Å². The van der Waals surface area contributed by atoms with E-state index in [1.54, 1.807) is 12.1 Å². The molecule has 0 saturated heterocycles. The molecule has 1 aromatic heterocycles. The second-order valence-electron chi connectivity index (χ2n) is 3.17. The first-order valence-electron chi connectivity index (χ1n) is 4.42. The Labute approximate surface area is 109 Å². The Balaban J connectivity index is 2.40. The fraction of sp³-hybridized carbons (Fsp3) is 0.0909. The van der Waals surface area contributed by atoms with Crippen LogP contribution in [0.3, 0.4) is 0 Å². The van der Waals surface area contributed by atoms with E-state index in [-0.39, 0.29) is 10.4 Å². The van der Waals surface area contributed by atoms with Gasteiger partial charge >= 0.3 is 0 Å². The number of benzene rings is 1. The first-order chi connectivity index (χ1) is 7.58. The highest BCUT2D eigenvalue weighted by Crippen LogP contribution is 2.37. The van der Waals surface area contributed by atoms with Crippen molar-refractivity contribution in [1.29, 1.82) is 0 Å². The van der Waals surface area contributed by atoms with Crippen molar-refractivity contribution in [3.05, 3.63) is 56.7 Å². The zero-order chi connectivity index (χ0) is 11.7. The number of rotatable bonds is 2. The first-order valence-corrected chi connectivity index (χ1v) is 6.53. The van der Waals surface area contributed by atoms with E-state index in [9.17, 15) is 8.78 Å². The predicted octanol–water partition coefficient (Wildman–Crippen LogP) is 5.16. The normalized spacial score (nSPS) is 12.8. The topological polar surface area (TPSA) is 0 Å². The van der Waals surface area contributed by atoms with Gasteiger partial charge in [-0.05, 0) is 30.3 Å². The van der Waals surface area contributed by atoms with Crippen molar-refractivity contribution in [2.45, 2.75) is 4.83 Å². The molecule has 5 heteroatoms. The Morgan fingerprint density at radius 1 is 1.19 bits per heavy atom. The van der Waals surface area contributed by atoms with Crippen LogP contribution in [-0.4, -0.2) is 0 Å². The van der Waals surface area contributed by atoms with Crippen LogP contribution in [0.15, 0.2) is 30.3 Å². The van der Waals surface area contributed by atoms with E-state index in [1.165, 1.54) is 17.4 Å². The third kappa shape index (κ3) is 2.44. The monoisotopic (exact) mass is 322 g/mol. The van der Waals surface area contributed by atoms with E-state index in [4.69, 9.17) is 11.6 Å². The van der Waals surface area contributed by atoms with Gasteiger partial charge in [0.1, 0.15) is 11.6 Å². The molecule has 0 fully saturated rings. The van der Waals surface area contributed by atoms with Gasteiger partial charge in [0.25, 0.3) is 0 Å². The van der Waals surface area contributed by atoms with Crippen molar-refractivity contribution in [3.8, 4) is 0 Å². The Kier molecular flexibility index (Phi) is 3.62. The lowest BCUT2D eigenvalue weighted by Gasteiger charge is -2.09. The Bertz CT molecular complexity index is 512. The van der Waals surface area contributed by atoms with Crippen molar-refractivity contribution in [3.63, 3.8) is 0 Å². The molecule has 0 aliphatic heterocycles. The lowest BCUT2D eigenvalue weighted by atomic mass is 10.1. The molecule has 1 atom stereocenters. The highest BCUT2D eigenvalue weighted by Gasteiger charge is 2.17. The van der Waals surface area contributed by atoms with Crippen molar-refractivity contribution < 1.29 is 8.78 Å². The average Bonchev–Trinajstić information content (AvgIpc) is 2.67. The fourth-order valence-corrected chi connectivity index (χ4v) is 3.17. The van der Waals surface area contributed by atoms with E-state index in [0.717, 1.165) is 17.0 Å². The predicted molar refractivity (Wildman–Crippen MR) is 66.5 cm³/mol. The van der Waals surface area contributed by atoms with Crippen LogP contribution in [-0.2, 0) is 0 Å². The minimum atomic E-state index is -0.455. The quantitative estimate of drug-likeness (QED) is 0.669. The van der Waals surface area contributed by atoms with Gasteiger partial charge in [0.15, 0.2) is 0 Å². The van der Waals surface area contributed by atoms with Crippen molar-refractivity contribution in [2.75, 3.05) is 0 Å². The molecule has 0 saturated carbocycles. The molecule has 2 aromatic rings. The van der Waals surface area contributed by atoms with Crippen LogP contribution in [0.5, 0.6) is 0 Å². The molecule has 84 valence electrons. The maximum atomic E-state index is 13.5. The summed E-state index contributed by atoms with van der Waals surface area (Å²) >= 11 is 10.5. The van der Waals surface area contributed by atoms with Crippen molar-refractivity contribution in [1.82, 2.24) is 0 Å². The summed E-state index contributed by atoms with van der Waals surface area (Å²) in [6.07, 6.45) is 0. The summed E-state index contributed by atoms with van der Waals surface area (Å²) in [5, 5.41) is 0. The second kappa shape index (κ2) is 4.82. The van der Waals surface area contributed by atoms with Crippen molar-refractivity contribution in [2.24, 2.45) is 0 Å². The van der Waals surface area contributed by atoms with Crippen LogP contribution >= 0.6 is 38.9 Å². The van der Waals surface area contributed by atoms with Gasteiger partial charge in [-0.2, -0.15) is 0 Å². The first kappa shape index (κ1) is 12.0. The summed E-state index contributed by atoms with van der Waals surface area (Å²) in [5.41, 5.74) is 0.276. The molecule has 0 amide bonds. The molecule has 0 N–H and O–H groups in total. The van der Waals surface area contributed by atoms with Gasteiger partial charge in [-0.25, -0.2) is 8.78 Å². The van der Waals surface area contributed by atoms with Gasteiger partial charge < -0.3 is 0 Å². The van der Waals surface area contributed by atoms with E-state index < -0.39 is 11.6 Å². The molecule has 0 aliphatic rings.